The molecule has 6 heteroatoms. The Bertz CT molecular complexity index is 838. The minimum absolute atomic E-state index is 0.120. The van der Waals surface area contributed by atoms with Gasteiger partial charge in [0.15, 0.2) is 0 Å². The third kappa shape index (κ3) is 4.02. The molecule has 1 saturated heterocycles. The van der Waals surface area contributed by atoms with Gasteiger partial charge in [-0.1, -0.05) is 12.1 Å². The van der Waals surface area contributed by atoms with Crippen molar-refractivity contribution in [2.24, 2.45) is 0 Å². The predicted octanol–water partition coefficient (Wildman–Crippen LogP) is 3.70. The van der Waals surface area contributed by atoms with E-state index in [1.54, 1.807) is 17.9 Å². The first-order valence-electron chi connectivity index (χ1n) is 8.68. The quantitative estimate of drug-likeness (QED) is 0.860. The lowest BCUT2D eigenvalue weighted by atomic mass is 10.2. The molecule has 0 bridgehead atoms. The highest BCUT2D eigenvalue weighted by Crippen LogP contribution is 2.24. The summed E-state index contributed by atoms with van der Waals surface area (Å²) >= 11 is 0. The minimum Gasteiger partial charge on any atom is -0.374 e. The molecule has 26 heavy (non-hydrogen) atoms. The highest BCUT2D eigenvalue weighted by Gasteiger charge is 2.22. The number of aryl methyl sites for hydroxylation is 1. The van der Waals surface area contributed by atoms with E-state index in [1.807, 2.05) is 31.2 Å². The lowest BCUT2D eigenvalue weighted by Crippen LogP contribution is -2.32. The second-order valence-electron chi connectivity index (χ2n) is 6.51. The summed E-state index contributed by atoms with van der Waals surface area (Å²) in [4.78, 5) is 26.1. The van der Waals surface area contributed by atoms with Crippen molar-refractivity contribution < 1.29 is 14.0 Å². The van der Waals surface area contributed by atoms with Crippen molar-refractivity contribution >= 4 is 28.9 Å². The van der Waals surface area contributed by atoms with Crippen LogP contribution in [0.5, 0.6) is 0 Å². The van der Waals surface area contributed by atoms with Gasteiger partial charge in [-0.15, -0.1) is 0 Å². The number of carbonyl (C=O) groups excluding carboxylic acids is 2. The summed E-state index contributed by atoms with van der Waals surface area (Å²) < 4.78 is 13.4. The lowest BCUT2D eigenvalue weighted by molar-refractivity contribution is -0.117. The number of nitrogens with zero attached hydrogens (tertiary/aromatic N) is 1. The zero-order chi connectivity index (χ0) is 18.7. The van der Waals surface area contributed by atoms with Gasteiger partial charge >= 0.3 is 0 Å². The molecule has 1 fully saturated rings. The molecular weight excluding hydrogens is 333 g/mol. The van der Waals surface area contributed by atoms with Gasteiger partial charge in [0, 0.05) is 30.0 Å². The van der Waals surface area contributed by atoms with E-state index in [1.165, 1.54) is 12.1 Å². The Labute approximate surface area is 152 Å². The molecule has 1 unspecified atom stereocenters. The molecule has 1 aliphatic rings. The largest absolute Gasteiger partial charge is 0.374 e. The standard InChI is InChI=1S/C20H22FN3O2/c1-13-8-9-15(21)11-18(13)23-20(26)14(2)22-16-5-3-6-17(12-16)24-10-4-7-19(24)25/h3,5-6,8-9,11-12,14,22H,4,7,10H2,1-2H3,(H,23,26). The first-order valence-corrected chi connectivity index (χ1v) is 8.68. The molecular formula is C20H22FN3O2. The molecule has 3 rings (SSSR count). The van der Waals surface area contributed by atoms with Crippen LogP contribution in [0.15, 0.2) is 42.5 Å². The summed E-state index contributed by atoms with van der Waals surface area (Å²) in [6.45, 7) is 4.26. The number of rotatable bonds is 5. The fourth-order valence-corrected chi connectivity index (χ4v) is 2.97. The topological polar surface area (TPSA) is 61.4 Å². The van der Waals surface area contributed by atoms with E-state index in [4.69, 9.17) is 0 Å². The van der Waals surface area contributed by atoms with Crippen molar-refractivity contribution in [1.29, 1.82) is 0 Å². The summed E-state index contributed by atoms with van der Waals surface area (Å²) in [5, 5.41) is 5.87. The highest BCUT2D eigenvalue weighted by molar-refractivity contribution is 5.97. The van der Waals surface area contributed by atoms with E-state index in [-0.39, 0.29) is 11.8 Å². The van der Waals surface area contributed by atoms with Crippen molar-refractivity contribution in [2.45, 2.75) is 32.7 Å². The molecule has 0 radical (unpaired) electrons. The second kappa shape index (κ2) is 7.56. The first-order chi connectivity index (χ1) is 12.4. The average Bonchev–Trinajstić information content (AvgIpc) is 3.04. The van der Waals surface area contributed by atoms with E-state index < -0.39 is 11.9 Å². The number of halogens is 1. The van der Waals surface area contributed by atoms with Crippen LogP contribution in [0.25, 0.3) is 0 Å². The van der Waals surface area contributed by atoms with Crippen LogP contribution in [0.3, 0.4) is 0 Å². The molecule has 1 heterocycles. The summed E-state index contributed by atoms with van der Waals surface area (Å²) in [6, 6.07) is 11.2. The number of anilines is 3. The van der Waals surface area contributed by atoms with Gasteiger partial charge in [-0.05, 0) is 56.2 Å². The number of hydrogen-bond acceptors (Lipinski definition) is 3. The Balaban J connectivity index is 1.67. The van der Waals surface area contributed by atoms with Gasteiger partial charge < -0.3 is 15.5 Å². The Morgan fingerprint density at radius 2 is 2.04 bits per heavy atom. The van der Waals surface area contributed by atoms with Gasteiger partial charge in [-0.3, -0.25) is 9.59 Å². The van der Waals surface area contributed by atoms with E-state index in [0.29, 0.717) is 12.1 Å². The maximum atomic E-state index is 13.4. The minimum atomic E-state index is -0.526. The van der Waals surface area contributed by atoms with Crippen LogP contribution in [0.1, 0.15) is 25.3 Å². The van der Waals surface area contributed by atoms with E-state index in [2.05, 4.69) is 10.6 Å². The second-order valence-corrected chi connectivity index (χ2v) is 6.51. The van der Waals surface area contributed by atoms with E-state index in [9.17, 15) is 14.0 Å². The van der Waals surface area contributed by atoms with Crippen LogP contribution in [-0.2, 0) is 9.59 Å². The molecule has 2 aromatic carbocycles. The van der Waals surface area contributed by atoms with Crippen LogP contribution in [0.2, 0.25) is 0 Å². The number of amides is 2. The maximum absolute atomic E-state index is 13.4. The van der Waals surface area contributed by atoms with Crippen LogP contribution in [-0.4, -0.2) is 24.4 Å². The molecule has 0 saturated carbocycles. The summed E-state index contributed by atoms with van der Waals surface area (Å²) in [5.74, 6) is -0.537. The molecule has 2 N–H and O–H groups in total. The van der Waals surface area contributed by atoms with Crippen molar-refractivity contribution in [1.82, 2.24) is 0 Å². The molecule has 2 amide bonds. The first kappa shape index (κ1) is 17.9. The van der Waals surface area contributed by atoms with Gasteiger partial charge in [-0.2, -0.15) is 0 Å². The molecule has 0 aliphatic carbocycles. The summed E-state index contributed by atoms with van der Waals surface area (Å²) in [6.07, 6.45) is 1.44. The molecule has 5 nitrogen and oxygen atoms in total. The monoisotopic (exact) mass is 355 g/mol. The predicted molar refractivity (Wildman–Crippen MR) is 101 cm³/mol. The Morgan fingerprint density at radius 3 is 2.77 bits per heavy atom. The van der Waals surface area contributed by atoms with E-state index >= 15 is 0 Å². The van der Waals surface area contributed by atoms with E-state index in [0.717, 1.165) is 29.9 Å². The van der Waals surface area contributed by atoms with Gasteiger partial charge in [-0.25, -0.2) is 4.39 Å². The zero-order valence-electron chi connectivity index (χ0n) is 14.9. The molecule has 1 aliphatic heterocycles. The Hall–Kier alpha value is -2.89. The van der Waals surface area contributed by atoms with Crippen molar-refractivity contribution in [2.75, 3.05) is 22.1 Å². The molecule has 0 aromatic heterocycles. The van der Waals surface area contributed by atoms with Crippen LogP contribution in [0.4, 0.5) is 21.5 Å². The third-order valence-corrected chi connectivity index (χ3v) is 4.47. The average molecular weight is 355 g/mol. The van der Waals surface area contributed by atoms with Gasteiger partial charge in [0.1, 0.15) is 11.9 Å². The molecule has 0 spiro atoms. The van der Waals surface area contributed by atoms with Crippen molar-refractivity contribution in [3.05, 3.63) is 53.8 Å². The summed E-state index contributed by atoms with van der Waals surface area (Å²) in [7, 11) is 0. The Morgan fingerprint density at radius 1 is 1.23 bits per heavy atom. The van der Waals surface area contributed by atoms with Crippen LogP contribution in [0, 0.1) is 12.7 Å². The maximum Gasteiger partial charge on any atom is 0.246 e. The number of carbonyl (C=O) groups is 2. The smallest absolute Gasteiger partial charge is 0.246 e. The van der Waals surface area contributed by atoms with Gasteiger partial charge in [0.25, 0.3) is 0 Å². The third-order valence-electron chi connectivity index (χ3n) is 4.47. The Kier molecular flexibility index (Phi) is 5.21. The number of hydrogen-bond donors (Lipinski definition) is 2. The fourth-order valence-electron chi connectivity index (χ4n) is 2.97. The molecule has 136 valence electrons. The lowest BCUT2D eigenvalue weighted by Gasteiger charge is -2.19. The number of nitrogens with one attached hydrogen (secondary N) is 2. The van der Waals surface area contributed by atoms with Crippen molar-refractivity contribution in [3.8, 4) is 0 Å². The highest BCUT2D eigenvalue weighted by atomic mass is 19.1. The SMILES string of the molecule is Cc1ccc(F)cc1NC(=O)C(C)Nc1cccc(N2CCCC2=O)c1. The normalized spacial score (nSPS) is 15.0. The fraction of sp³-hybridized carbons (Fsp3) is 0.300. The molecule has 1 atom stereocenters. The van der Waals surface area contributed by atoms with Crippen LogP contribution >= 0.6 is 0 Å². The van der Waals surface area contributed by atoms with Gasteiger partial charge in [0.2, 0.25) is 11.8 Å². The number of benzene rings is 2. The summed E-state index contributed by atoms with van der Waals surface area (Å²) in [5.41, 5.74) is 2.83. The molecule has 2 aromatic rings. The van der Waals surface area contributed by atoms with Gasteiger partial charge in [0.05, 0.1) is 0 Å². The van der Waals surface area contributed by atoms with Crippen molar-refractivity contribution in [3.63, 3.8) is 0 Å². The zero-order valence-corrected chi connectivity index (χ0v) is 14.9. The van der Waals surface area contributed by atoms with Crippen LogP contribution < -0.4 is 15.5 Å².